The Balaban J connectivity index is 1.41. The maximum atomic E-state index is 9.46. The van der Waals surface area contributed by atoms with Crippen LogP contribution in [0, 0.1) is 0 Å². The van der Waals surface area contributed by atoms with Gasteiger partial charge in [-0.15, -0.1) is 0 Å². The molecule has 216 valence electrons. The van der Waals surface area contributed by atoms with Gasteiger partial charge in [-0.3, -0.25) is 0 Å². The molecule has 8 heteroatoms. The third-order valence-corrected chi connectivity index (χ3v) is 7.02. The number of ether oxygens (including phenoxy) is 5. The Bertz CT molecular complexity index is 1370. The van der Waals surface area contributed by atoms with Crippen LogP contribution in [0.1, 0.15) is 22.3 Å². The van der Waals surface area contributed by atoms with Crippen molar-refractivity contribution in [1.29, 1.82) is 0 Å². The number of benzene rings is 4. The molecular weight excluding hydrogens is 530 g/mol. The third kappa shape index (κ3) is 8.50. The molecule has 0 amide bonds. The number of hydrogen-bond acceptors (Lipinski definition) is 6. The monoisotopic (exact) mass is 565 g/mol. The summed E-state index contributed by atoms with van der Waals surface area (Å²) in [5.41, 5.74) is 13.5. The highest BCUT2D eigenvalue weighted by molar-refractivity contribution is 5.16. The molecule has 42 heavy (non-hydrogen) atoms. The van der Waals surface area contributed by atoms with Crippen LogP contribution in [0.5, 0.6) is 0 Å². The van der Waals surface area contributed by atoms with Crippen LogP contribution >= 0.6 is 0 Å². The highest BCUT2D eigenvalue weighted by Crippen LogP contribution is 2.31. The van der Waals surface area contributed by atoms with Gasteiger partial charge in [-0.05, 0) is 27.8 Å². The Morgan fingerprint density at radius 3 is 1.40 bits per heavy atom. The summed E-state index contributed by atoms with van der Waals surface area (Å²) >= 11 is 0. The molecule has 0 radical (unpaired) electrons. The second-order valence-electron chi connectivity index (χ2n) is 10.1. The molecule has 1 aliphatic heterocycles. The van der Waals surface area contributed by atoms with E-state index in [0.717, 1.165) is 22.3 Å². The van der Waals surface area contributed by atoms with Crippen LogP contribution in [0.25, 0.3) is 10.4 Å². The zero-order valence-corrected chi connectivity index (χ0v) is 23.4. The Labute approximate surface area is 246 Å². The molecule has 1 heterocycles. The smallest absolute Gasteiger partial charge is 0.165 e. The summed E-state index contributed by atoms with van der Waals surface area (Å²) in [5, 5.41) is 3.99. The van der Waals surface area contributed by atoms with Gasteiger partial charge in [0.25, 0.3) is 0 Å². The van der Waals surface area contributed by atoms with Crippen molar-refractivity contribution in [3.8, 4) is 0 Å². The van der Waals surface area contributed by atoms with Gasteiger partial charge in [0.05, 0.1) is 33.0 Å². The highest BCUT2D eigenvalue weighted by atomic mass is 16.6. The standard InChI is InChI=1S/C34H35N3O5/c35-37-36-34-33(41-24-29-19-11-4-12-20-29)32(40-23-28-17-9-3-10-18-28)31(39-22-27-15-7-2-8-16-27)30(42-34)25-38-21-26-13-5-1-6-14-26/h1-20,30-34H,21-25H2/t30?,31-,32?,33?,34-/m1/s1. The van der Waals surface area contributed by atoms with Crippen molar-refractivity contribution in [2.75, 3.05) is 6.61 Å². The first kappa shape index (κ1) is 29.5. The summed E-state index contributed by atoms with van der Waals surface area (Å²) < 4.78 is 32.0. The lowest BCUT2D eigenvalue weighted by molar-refractivity contribution is -0.271. The molecule has 4 aromatic rings. The fourth-order valence-corrected chi connectivity index (χ4v) is 4.91. The van der Waals surface area contributed by atoms with Crippen LogP contribution in [0.4, 0.5) is 0 Å². The SMILES string of the molecule is [N-]=[N+]=N[C@@H]1OC(COCc2ccccc2)[C@@H](OCc2ccccc2)C(OCc2ccccc2)C1OCc1ccccc1. The van der Waals surface area contributed by atoms with E-state index in [2.05, 4.69) is 10.0 Å². The minimum Gasteiger partial charge on any atom is -0.374 e. The van der Waals surface area contributed by atoms with Gasteiger partial charge in [-0.2, -0.15) is 0 Å². The van der Waals surface area contributed by atoms with E-state index in [1.807, 2.05) is 121 Å². The molecule has 5 rings (SSSR count). The fraction of sp³-hybridized carbons (Fsp3) is 0.294. The van der Waals surface area contributed by atoms with E-state index in [9.17, 15) is 5.53 Å². The zero-order chi connectivity index (χ0) is 28.8. The first-order valence-corrected chi connectivity index (χ1v) is 14.1. The van der Waals surface area contributed by atoms with Gasteiger partial charge in [0.1, 0.15) is 24.4 Å². The largest absolute Gasteiger partial charge is 0.374 e. The molecule has 1 fully saturated rings. The van der Waals surface area contributed by atoms with E-state index in [-0.39, 0.29) is 13.2 Å². The van der Waals surface area contributed by atoms with E-state index in [1.165, 1.54) is 0 Å². The van der Waals surface area contributed by atoms with Crippen molar-refractivity contribution in [1.82, 2.24) is 0 Å². The van der Waals surface area contributed by atoms with Gasteiger partial charge < -0.3 is 23.7 Å². The van der Waals surface area contributed by atoms with Crippen molar-refractivity contribution in [2.45, 2.75) is 57.1 Å². The molecule has 8 nitrogen and oxygen atoms in total. The molecule has 5 atom stereocenters. The van der Waals surface area contributed by atoms with Crippen LogP contribution in [-0.2, 0) is 50.1 Å². The predicted octanol–water partition coefficient (Wildman–Crippen LogP) is 6.99. The maximum Gasteiger partial charge on any atom is 0.165 e. The van der Waals surface area contributed by atoms with Crippen molar-refractivity contribution < 1.29 is 23.7 Å². The third-order valence-electron chi connectivity index (χ3n) is 7.02. The quantitative estimate of drug-likeness (QED) is 0.0933. The minimum absolute atomic E-state index is 0.211. The maximum absolute atomic E-state index is 9.46. The minimum atomic E-state index is -0.943. The van der Waals surface area contributed by atoms with E-state index in [0.29, 0.717) is 19.8 Å². The normalized spacial score (nSPS) is 21.9. The first-order valence-electron chi connectivity index (χ1n) is 14.1. The summed E-state index contributed by atoms with van der Waals surface area (Å²) in [7, 11) is 0. The number of nitrogens with zero attached hydrogens (tertiary/aromatic N) is 3. The zero-order valence-electron chi connectivity index (χ0n) is 23.4. The first-order chi connectivity index (χ1) is 20.8. The molecule has 1 aliphatic rings. The number of hydrogen-bond donors (Lipinski definition) is 0. The van der Waals surface area contributed by atoms with Crippen molar-refractivity contribution in [2.24, 2.45) is 5.11 Å². The van der Waals surface area contributed by atoms with Crippen molar-refractivity contribution >= 4 is 0 Å². The van der Waals surface area contributed by atoms with Crippen LogP contribution in [0.2, 0.25) is 0 Å². The Morgan fingerprint density at radius 2 is 0.952 bits per heavy atom. The van der Waals surface area contributed by atoms with Crippen molar-refractivity contribution in [3.63, 3.8) is 0 Å². The molecule has 0 aromatic heterocycles. The average Bonchev–Trinajstić information content (AvgIpc) is 3.05. The second-order valence-corrected chi connectivity index (χ2v) is 10.1. The second kappa shape index (κ2) is 15.8. The van der Waals surface area contributed by atoms with Gasteiger partial charge in [-0.25, -0.2) is 0 Å². The van der Waals surface area contributed by atoms with Gasteiger partial charge in [-0.1, -0.05) is 126 Å². The molecule has 1 saturated heterocycles. The van der Waals surface area contributed by atoms with Crippen LogP contribution in [0.15, 0.2) is 126 Å². The van der Waals surface area contributed by atoms with E-state index >= 15 is 0 Å². The Hall–Kier alpha value is -4.01. The molecule has 0 bridgehead atoms. The van der Waals surface area contributed by atoms with Crippen LogP contribution in [0.3, 0.4) is 0 Å². The lowest BCUT2D eigenvalue weighted by Gasteiger charge is -2.45. The molecule has 0 N–H and O–H groups in total. The van der Waals surface area contributed by atoms with Crippen LogP contribution in [-0.4, -0.2) is 37.3 Å². The summed E-state index contributed by atoms with van der Waals surface area (Å²) in [5.74, 6) is 0. The van der Waals surface area contributed by atoms with Gasteiger partial charge >= 0.3 is 0 Å². The van der Waals surface area contributed by atoms with E-state index < -0.39 is 30.6 Å². The van der Waals surface area contributed by atoms with Crippen molar-refractivity contribution in [3.05, 3.63) is 154 Å². The van der Waals surface area contributed by atoms with Gasteiger partial charge in [0.2, 0.25) is 0 Å². The molecule has 0 saturated carbocycles. The summed E-state index contributed by atoms with van der Waals surface area (Å²) in [6.45, 7) is 1.57. The summed E-state index contributed by atoms with van der Waals surface area (Å²) in [4.78, 5) is 3.08. The predicted molar refractivity (Wildman–Crippen MR) is 159 cm³/mol. The average molecular weight is 566 g/mol. The Morgan fingerprint density at radius 1 is 0.548 bits per heavy atom. The van der Waals surface area contributed by atoms with E-state index in [4.69, 9.17) is 23.7 Å². The topological polar surface area (TPSA) is 94.9 Å². The fourth-order valence-electron chi connectivity index (χ4n) is 4.91. The summed E-state index contributed by atoms with van der Waals surface area (Å²) in [6.07, 6.45) is -3.44. The lowest BCUT2D eigenvalue weighted by atomic mass is 9.97. The number of azide groups is 1. The Kier molecular flexibility index (Phi) is 11.1. The van der Waals surface area contributed by atoms with Gasteiger partial charge in [0, 0.05) is 4.91 Å². The van der Waals surface area contributed by atoms with Gasteiger partial charge in [0.15, 0.2) is 6.23 Å². The molecular formula is C34H35N3O5. The van der Waals surface area contributed by atoms with E-state index in [1.54, 1.807) is 0 Å². The lowest BCUT2D eigenvalue weighted by Crippen LogP contribution is -2.60. The highest BCUT2D eigenvalue weighted by Gasteiger charge is 2.48. The van der Waals surface area contributed by atoms with Crippen LogP contribution < -0.4 is 0 Å². The molecule has 0 aliphatic carbocycles. The molecule has 3 unspecified atom stereocenters. The number of rotatable bonds is 14. The molecule has 4 aromatic carbocycles. The molecule has 0 spiro atoms. The summed E-state index contributed by atoms with van der Waals surface area (Å²) in [6, 6.07) is 39.6.